The lowest BCUT2D eigenvalue weighted by atomic mass is 9.86. The number of pyridine rings is 1. The highest BCUT2D eigenvalue weighted by atomic mass is 16.5. The Morgan fingerprint density at radius 2 is 1.66 bits per heavy atom. The van der Waals surface area contributed by atoms with Gasteiger partial charge in [0.05, 0.1) is 32.4 Å². The van der Waals surface area contributed by atoms with Crippen LogP contribution in [0.4, 0.5) is 11.5 Å². The Balaban J connectivity index is 1.32. The maximum Gasteiger partial charge on any atom is 0.131 e. The van der Waals surface area contributed by atoms with Crippen molar-refractivity contribution < 1.29 is 14.2 Å². The van der Waals surface area contributed by atoms with Crippen molar-refractivity contribution in [2.45, 2.75) is 52.1 Å². The van der Waals surface area contributed by atoms with Crippen LogP contribution in [-0.4, -0.2) is 38.9 Å². The first-order chi connectivity index (χ1) is 16.9. The maximum absolute atomic E-state index is 6.49. The number of methoxy groups -OCH3 is 3. The van der Waals surface area contributed by atoms with Crippen LogP contribution in [0.1, 0.15) is 42.4 Å². The van der Waals surface area contributed by atoms with Crippen LogP contribution in [0, 0.1) is 19.8 Å². The van der Waals surface area contributed by atoms with Gasteiger partial charge >= 0.3 is 0 Å². The van der Waals surface area contributed by atoms with Crippen molar-refractivity contribution in [2.75, 3.05) is 38.9 Å². The van der Waals surface area contributed by atoms with Gasteiger partial charge in [-0.1, -0.05) is 12.1 Å². The van der Waals surface area contributed by atoms with E-state index in [1.165, 1.54) is 18.4 Å². The van der Waals surface area contributed by atoms with E-state index >= 15 is 0 Å². The molecular weight excluding hydrogens is 440 g/mol. The third-order valence-electron chi connectivity index (χ3n) is 7.25. The van der Waals surface area contributed by atoms with E-state index in [4.69, 9.17) is 24.9 Å². The van der Waals surface area contributed by atoms with Gasteiger partial charge in [0.15, 0.2) is 0 Å². The number of nitrogen functional groups attached to an aromatic ring is 1. The average molecular weight is 479 g/mol. The van der Waals surface area contributed by atoms with Crippen LogP contribution >= 0.6 is 0 Å². The molecule has 1 aliphatic carbocycles. The van der Waals surface area contributed by atoms with Crippen molar-refractivity contribution in [3.63, 3.8) is 0 Å². The van der Waals surface area contributed by atoms with Crippen molar-refractivity contribution in [1.82, 2.24) is 10.3 Å². The summed E-state index contributed by atoms with van der Waals surface area (Å²) in [6, 6.07) is 10.4. The number of aryl methyl sites for hydroxylation is 1. The summed E-state index contributed by atoms with van der Waals surface area (Å²) in [5.74, 6) is 3.83. The first-order valence-corrected chi connectivity index (χ1v) is 12.4. The number of hydrogen-bond acceptors (Lipinski definition) is 7. The lowest BCUT2D eigenvalue weighted by Gasteiger charge is -2.30. The Hall–Kier alpha value is -3.19. The molecule has 1 saturated carbocycles. The molecule has 2 aromatic carbocycles. The summed E-state index contributed by atoms with van der Waals surface area (Å²) in [5, 5.41) is 8.37. The molecule has 0 atom stereocenters. The van der Waals surface area contributed by atoms with Gasteiger partial charge in [-0.05, 0) is 63.6 Å². The van der Waals surface area contributed by atoms with Crippen LogP contribution in [0.3, 0.4) is 0 Å². The molecule has 0 unspecified atom stereocenters. The number of nitrogens with zero attached hydrogens (tertiary/aromatic N) is 1. The van der Waals surface area contributed by atoms with Crippen molar-refractivity contribution >= 4 is 22.4 Å². The van der Waals surface area contributed by atoms with Gasteiger partial charge in [0.2, 0.25) is 0 Å². The van der Waals surface area contributed by atoms with Gasteiger partial charge in [-0.3, -0.25) is 0 Å². The fraction of sp³-hybridized carbons (Fsp3) is 0.464. The minimum atomic E-state index is 0.417. The lowest BCUT2D eigenvalue weighted by Crippen LogP contribution is -2.31. The molecule has 1 aliphatic rings. The normalized spacial score (nSPS) is 17.9. The van der Waals surface area contributed by atoms with Gasteiger partial charge in [0, 0.05) is 41.4 Å². The fourth-order valence-electron chi connectivity index (χ4n) is 5.11. The number of hydrogen-bond donors (Lipinski definition) is 3. The maximum atomic E-state index is 6.49. The number of nitrogens with two attached hydrogens (primary N) is 1. The van der Waals surface area contributed by atoms with Crippen molar-refractivity contribution in [2.24, 2.45) is 5.92 Å². The van der Waals surface area contributed by atoms with Crippen LogP contribution in [0.2, 0.25) is 0 Å². The molecule has 35 heavy (non-hydrogen) atoms. The third kappa shape index (κ3) is 5.40. The number of ether oxygens (including phenoxy) is 3. The number of aromatic nitrogens is 1. The largest absolute Gasteiger partial charge is 0.496 e. The Kier molecular flexibility index (Phi) is 7.86. The molecule has 3 aromatic rings. The van der Waals surface area contributed by atoms with Crippen LogP contribution < -0.4 is 30.6 Å². The van der Waals surface area contributed by atoms with Crippen LogP contribution in [0.5, 0.6) is 17.2 Å². The minimum absolute atomic E-state index is 0.417. The predicted molar refractivity (Wildman–Crippen MR) is 143 cm³/mol. The van der Waals surface area contributed by atoms with Crippen LogP contribution in [0.15, 0.2) is 30.3 Å². The van der Waals surface area contributed by atoms with E-state index < -0.39 is 0 Å². The first-order valence-electron chi connectivity index (χ1n) is 12.4. The zero-order valence-corrected chi connectivity index (χ0v) is 21.5. The molecule has 188 valence electrons. The molecule has 1 fully saturated rings. The SMILES string of the molecule is COc1cc(OC)c(CNCC2CCC(Nc3nc4cccc(C)c4c(N)c3C)CC2)c(OC)c1. The monoisotopic (exact) mass is 478 g/mol. The Morgan fingerprint density at radius 3 is 2.29 bits per heavy atom. The molecule has 1 heterocycles. The molecule has 0 aliphatic heterocycles. The van der Waals surface area contributed by atoms with E-state index in [9.17, 15) is 0 Å². The van der Waals surface area contributed by atoms with E-state index in [1.807, 2.05) is 24.3 Å². The standard InChI is InChI=1S/C28H38N4O3/c1-17-7-6-8-23-26(17)27(29)18(2)28(32-23)31-20-11-9-19(10-12-20)15-30-16-22-24(34-4)13-21(33-3)14-25(22)35-5/h6-8,13-14,19-20,30H,9-12,15-16H2,1-5H3,(H3,29,31,32). The van der Waals surface area contributed by atoms with Crippen molar-refractivity contribution in [3.05, 3.63) is 47.0 Å². The highest BCUT2D eigenvalue weighted by Gasteiger charge is 2.23. The fourth-order valence-corrected chi connectivity index (χ4v) is 5.11. The molecule has 0 radical (unpaired) electrons. The first kappa shape index (κ1) is 24.9. The summed E-state index contributed by atoms with van der Waals surface area (Å²) in [6.07, 6.45) is 4.58. The molecule has 1 aromatic heterocycles. The Labute approximate surface area is 208 Å². The molecule has 4 N–H and O–H groups in total. The molecule has 4 rings (SSSR count). The number of anilines is 2. The smallest absolute Gasteiger partial charge is 0.131 e. The molecule has 0 amide bonds. The zero-order valence-electron chi connectivity index (χ0n) is 21.5. The van der Waals surface area contributed by atoms with Crippen LogP contribution in [0.25, 0.3) is 10.9 Å². The Bertz CT molecular complexity index is 1150. The number of nitrogens with one attached hydrogen (secondary N) is 2. The topological polar surface area (TPSA) is 90.7 Å². The van der Waals surface area contributed by atoms with Crippen LogP contribution in [-0.2, 0) is 6.54 Å². The molecule has 7 nitrogen and oxygen atoms in total. The highest BCUT2D eigenvalue weighted by molar-refractivity contribution is 5.96. The second-order valence-corrected chi connectivity index (χ2v) is 9.47. The number of fused-ring (bicyclic) bond motifs is 1. The summed E-state index contributed by atoms with van der Waals surface area (Å²) in [5.41, 5.74) is 11.5. The van der Waals surface area contributed by atoms with E-state index in [0.29, 0.717) is 18.5 Å². The summed E-state index contributed by atoms with van der Waals surface area (Å²) >= 11 is 0. The van der Waals surface area contributed by atoms with Gasteiger partial charge in [-0.15, -0.1) is 0 Å². The van der Waals surface area contributed by atoms with E-state index in [1.54, 1.807) is 21.3 Å². The molecule has 0 spiro atoms. The second kappa shape index (κ2) is 11.0. The average Bonchev–Trinajstić information content (AvgIpc) is 2.87. The van der Waals surface area contributed by atoms with E-state index in [-0.39, 0.29) is 0 Å². The highest BCUT2D eigenvalue weighted by Crippen LogP contribution is 2.35. The summed E-state index contributed by atoms with van der Waals surface area (Å²) in [7, 11) is 4.99. The third-order valence-corrected chi connectivity index (χ3v) is 7.25. The molecule has 0 bridgehead atoms. The molecular formula is C28H38N4O3. The van der Waals surface area contributed by atoms with Crippen molar-refractivity contribution in [3.8, 4) is 17.2 Å². The van der Waals surface area contributed by atoms with Gasteiger partial charge < -0.3 is 30.6 Å². The second-order valence-electron chi connectivity index (χ2n) is 9.47. The minimum Gasteiger partial charge on any atom is -0.496 e. The summed E-state index contributed by atoms with van der Waals surface area (Å²) in [6.45, 7) is 5.80. The predicted octanol–water partition coefficient (Wildman–Crippen LogP) is 5.22. The van der Waals surface area contributed by atoms with Gasteiger partial charge in [0.25, 0.3) is 0 Å². The number of benzene rings is 2. The quantitative estimate of drug-likeness (QED) is 0.388. The van der Waals surface area contributed by atoms with E-state index in [2.05, 4.69) is 30.5 Å². The van der Waals surface area contributed by atoms with Gasteiger partial charge in [-0.2, -0.15) is 0 Å². The summed E-state index contributed by atoms with van der Waals surface area (Å²) in [4.78, 5) is 4.90. The number of rotatable bonds is 9. The molecule has 0 saturated heterocycles. The zero-order chi connectivity index (χ0) is 24.9. The molecule has 7 heteroatoms. The Morgan fingerprint density at radius 1 is 0.971 bits per heavy atom. The van der Waals surface area contributed by atoms with Gasteiger partial charge in [-0.25, -0.2) is 4.98 Å². The van der Waals surface area contributed by atoms with Crippen molar-refractivity contribution in [1.29, 1.82) is 0 Å². The van der Waals surface area contributed by atoms with E-state index in [0.717, 1.165) is 70.2 Å². The summed E-state index contributed by atoms with van der Waals surface area (Å²) < 4.78 is 16.5. The lowest BCUT2D eigenvalue weighted by molar-refractivity contribution is 0.320. The van der Waals surface area contributed by atoms with Gasteiger partial charge in [0.1, 0.15) is 23.1 Å².